The van der Waals surface area contributed by atoms with Gasteiger partial charge < -0.3 is 15.3 Å². The van der Waals surface area contributed by atoms with Crippen LogP contribution in [0.25, 0.3) is 11.1 Å². The topological polar surface area (TPSA) is 65.3 Å². The summed E-state index contributed by atoms with van der Waals surface area (Å²) in [6.45, 7) is 0.0663. The molecule has 2 aromatic carbocycles. The van der Waals surface area contributed by atoms with Crippen molar-refractivity contribution in [3.63, 3.8) is 0 Å². The minimum Gasteiger partial charge on any atom is -0.618 e. The summed E-state index contributed by atoms with van der Waals surface area (Å²) in [7, 11) is 0. The zero-order valence-corrected chi connectivity index (χ0v) is 14.4. The number of benzene rings is 2. The summed E-state index contributed by atoms with van der Waals surface area (Å²) in [4.78, 5) is 12.4. The van der Waals surface area contributed by atoms with Crippen molar-refractivity contribution in [1.82, 2.24) is 5.32 Å². The highest BCUT2D eigenvalue weighted by atomic mass is 19.4. The number of nitrogens with one attached hydrogen (secondary N) is 1. The van der Waals surface area contributed by atoms with E-state index in [1.54, 1.807) is 42.5 Å². The first-order valence-corrected chi connectivity index (χ1v) is 8.23. The van der Waals surface area contributed by atoms with Gasteiger partial charge in [0, 0.05) is 17.7 Å². The average molecular weight is 388 g/mol. The second-order valence-corrected chi connectivity index (χ2v) is 5.85. The summed E-state index contributed by atoms with van der Waals surface area (Å²) in [5, 5.41) is 14.3. The number of pyridine rings is 1. The number of carbonyl (C=O) groups is 1. The Morgan fingerprint density at radius 2 is 1.75 bits per heavy atom. The van der Waals surface area contributed by atoms with Gasteiger partial charge in [-0.25, -0.2) is 0 Å². The molecule has 0 aliphatic rings. The number of rotatable bonds is 5. The highest BCUT2D eigenvalue weighted by molar-refractivity contribution is 5.95. The summed E-state index contributed by atoms with van der Waals surface area (Å²) in [5.74, 6) is -0.693. The lowest BCUT2D eigenvalue weighted by molar-refractivity contribution is -0.614. The van der Waals surface area contributed by atoms with Crippen LogP contribution in [0.4, 0.5) is 13.2 Å². The summed E-state index contributed by atoms with van der Waals surface area (Å²) in [6, 6.07) is 16.9. The Balaban J connectivity index is 1.71. The van der Waals surface area contributed by atoms with E-state index >= 15 is 0 Å². The SMILES string of the molecule is O=C(NCc1cccc[n+]1[O-])c1cccc(-c2ccc(OC(F)(F)F)cc2)c1. The molecular weight excluding hydrogens is 373 g/mol. The number of alkyl halides is 3. The fourth-order valence-corrected chi connectivity index (χ4v) is 2.56. The Kier molecular flexibility index (Phi) is 5.49. The second-order valence-electron chi connectivity index (χ2n) is 5.85. The number of hydrogen-bond donors (Lipinski definition) is 1. The van der Waals surface area contributed by atoms with E-state index in [4.69, 9.17) is 0 Å². The van der Waals surface area contributed by atoms with Crippen LogP contribution < -0.4 is 14.8 Å². The normalized spacial score (nSPS) is 11.1. The molecule has 0 atom stereocenters. The van der Waals surface area contributed by atoms with Crippen molar-refractivity contribution >= 4 is 5.91 Å². The van der Waals surface area contributed by atoms with Gasteiger partial charge in [-0.05, 0) is 41.5 Å². The van der Waals surface area contributed by atoms with Crippen LogP contribution in [0, 0.1) is 5.21 Å². The summed E-state index contributed by atoms with van der Waals surface area (Å²) in [6.07, 6.45) is -3.41. The summed E-state index contributed by atoms with van der Waals surface area (Å²) < 4.78 is 41.2. The Labute approximate surface area is 158 Å². The standard InChI is InChI=1S/C20H15F3N2O3/c21-20(22,23)28-18-9-7-14(8-10-18)15-4-3-5-16(12-15)19(26)24-13-17-6-1-2-11-25(17)27/h1-12H,13H2,(H,24,26). The second kappa shape index (κ2) is 7.99. The lowest BCUT2D eigenvalue weighted by Gasteiger charge is -2.10. The highest BCUT2D eigenvalue weighted by Gasteiger charge is 2.30. The molecule has 8 heteroatoms. The minimum absolute atomic E-state index is 0.0663. The molecule has 1 N–H and O–H groups in total. The van der Waals surface area contributed by atoms with E-state index in [1.807, 2.05) is 0 Å². The molecule has 28 heavy (non-hydrogen) atoms. The van der Waals surface area contributed by atoms with E-state index in [-0.39, 0.29) is 18.2 Å². The number of ether oxygens (including phenoxy) is 1. The number of aromatic nitrogens is 1. The van der Waals surface area contributed by atoms with E-state index in [2.05, 4.69) is 10.1 Å². The first-order valence-electron chi connectivity index (χ1n) is 8.23. The van der Waals surface area contributed by atoms with Gasteiger partial charge in [0.05, 0.1) is 0 Å². The van der Waals surface area contributed by atoms with E-state index in [0.29, 0.717) is 27.1 Å². The van der Waals surface area contributed by atoms with Crippen LogP contribution in [-0.4, -0.2) is 12.3 Å². The van der Waals surface area contributed by atoms with Crippen molar-refractivity contribution in [3.05, 3.63) is 89.4 Å². The van der Waals surface area contributed by atoms with Gasteiger partial charge in [0.2, 0.25) is 5.69 Å². The van der Waals surface area contributed by atoms with E-state index < -0.39 is 6.36 Å². The molecule has 0 spiro atoms. The number of hydrogen-bond acceptors (Lipinski definition) is 3. The predicted octanol–water partition coefficient (Wildman–Crippen LogP) is 3.82. The molecule has 1 aromatic heterocycles. The molecule has 144 valence electrons. The van der Waals surface area contributed by atoms with Crippen molar-refractivity contribution in [2.24, 2.45) is 0 Å². The maximum absolute atomic E-state index is 12.4. The third kappa shape index (κ3) is 5.00. The van der Waals surface area contributed by atoms with Gasteiger partial charge >= 0.3 is 6.36 Å². The van der Waals surface area contributed by atoms with Crippen LogP contribution in [0.3, 0.4) is 0 Å². The Morgan fingerprint density at radius 3 is 2.43 bits per heavy atom. The summed E-state index contributed by atoms with van der Waals surface area (Å²) >= 11 is 0. The molecule has 1 amide bonds. The summed E-state index contributed by atoms with van der Waals surface area (Å²) in [5.41, 5.74) is 2.04. The first kappa shape index (κ1) is 19.2. The van der Waals surface area contributed by atoms with Crippen molar-refractivity contribution in [1.29, 1.82) is 0 Å². The fourth-order valence-electron chi connectivity index (χ4n) is 2.56. The monoisotopic (exact) mass is 388 g/mol. The smallest absolute Gasteiger partial charge is 0.573 e. The average Bonchev–Trinajstić information content (AvgIpc) is 2.66. The van der Waals surface area contributed by atoms with Gasteiger partial charge in [0.1, 0.15) is 12.3 Å². The van der Waals surface area contributed by atoms with Crippen LogP contribution in [0.5, 0.6) is 5.75 Å². The van der Waals surface area contributed by atoms with Crippen molar-refractivity contribution < 1.29 is 27.4 Å². The largest absolute Gasteiger partial charge is 0.618 e. The first-order chi connectivity index (χ1) is 13.3. The van der Waals surface area contributed by atoms with Gasteiger partial charge in [-0.2, -0.15) is 4.73 Å². The molecule has 0 saturated carbocycles. The number of amides is 1. The van der Waals surface area contributed by atoms with Gasteiger partial charge in [-0.3, -0.25) is 4.79 Å². The molecule has 3 rings (SSSR count). The van der Waals surface area contributed by atoms with Crippen molar-refractivity contribution in [2.45, 2.75) is 12.9 Å². The molecular formula is C20H15F3N2O3. The quantitative estimate of drug-likeness (QED) is 0.534. The van der Waals surface area contributed by atoms with Crippen LogP contribution in [0.15, 0.2) is 72.9 Å². The number of carbonyl (C=O) groups excluding carboxylic acids is 1. The van der Waals surface area contributed by atoms with Crippen molar-refractivity contribution in [2.75, 3.05) is 0 Å². The fraction of sp³-hybridized carbons (Fsp3) is 0.100. The zero-order valence-electron chi connectivity index (χ0n) is 14.4. The van der Waals surface area contributed by atoms with Crippen molar-refractivity contribution in [3.8, 4) is 16.9 Å². The maximum atomic E-state index is 12.4. The third-order valence-corrected chi connectivity index (χ3v) is 3.88. The lowest BCUT2D eigenvalue weighted by atomic mass is 10.0. The van der Waals surface area contributed by atoms with Crippen LogP contribution in [-0.2, 0) is 6.54 Å². The molecule has 0 bridgehead atoms. The lowest BCUT2D eigenvalue weighted by Crippen LogP contribution is -2.35. The highest BCUT2D eigenvalue weighted by Crippen LogP contribution is 2.27. The maximum Gasteiger partial charge on any atom is 0.573 e. The Morgan fingerprint density at radius 1 is 1.00 bits per heavy atom. The molecule has 0 unspecified atom stereocenters. The molecule has 0 saturated heterocycles. The number of halogens is 3. The van der Waals surface area contributed by atoms with Gasteiger partial charge in [0.25, 0.3) is 5.91 Å². The Bertz CT molecular complexity index is 973. The molecule has 0 aliphatic heterocycles. The third-order valence-electron chi connectivity index (χ3n) is 3.88. The Hall–Kier alpha value is -3.55. The van der Waals surface area contributed by atoms with E-state index in [1.165, 1.54) is 30.5 Å². The molecule has 0 fully saturated rings. The molecule has 5 nitrogen and oxygen atoms in total. The van der Waals surface area contributed by atoms with E-state index in [0.717, 1.165) is 0 Å². The number of nitrogens with zero attached hydrogens (tertiary/aromatic N) is 1. The van der Waals surface area contributed by atoms with E-state index in [9.17, 15) is 23.2 Å². The molecule has 3 aromatic rings. The van der Waals surface area contributed by atoms with Gasteiger partial charge in [0.15, 0.2) is 6.20 Å². The van der Waals surface area contributed by atoms with Crippen LogP contribution in [0.2, 0.25) is 0 Å². The minimum atomic E-state index is -4.75. The van der Waals surface area contributed by atoms with Crippen LogP contribution in [0.1, 0.15) is 16.1 Å². The molecule has 1 heterocycles. The van der Waals surface area contributed by atoms with Gasteiger partial charge in [-0.1, -0.05) is 24.3 Å². The molecule has 0 radical (unpaired) electrons. The van der Waals surface area contributed by atoms with Crippen LogP contribution >= 0.6 is 0 Å². The zero-order chi connectivity index (χ0) is 20.1. The predicted molar refractivity (Wildman–Crippen MR) is 95.1 cm³/mol. The van der Waals surface area contributed by atoms with Gasteiger partial charge in [-0.15, -0.1) is 13.2 Å². The molecule has 0 aliphatic carbocycles.